The third-order valence-electron chi connectivity index (χ3n) is 2.69. The minimum absolute atomic E-state index is 0.361. The van der Waals surface area contributed by atoms with Crippen LogP contribution in [0, 0.1) is 0 Å². The summed E-state index contributed by atoms with van der Waals surface area (Å²) in [6.45, 7) is -3.00. The second-order valence-electron chi connectivity index (χ2n) is 4.21. The van der Waals surface area contributed by atoms with E-state index in [1.54, 1.807) is 18.2 Å². The van der Waals surface area contributed by atoms with E-state index in [4.69, 9.17) is 11.6 Å². The van der Waals surface area contributed by atoms with E-state index in [2.05, 4.69) is 4.74 Å². The van der Waals surface area contributed by atoms with Gasteiger partial charge in [-0.2, -0.15) is 13.2 Å². The highest BCUT2D eigenvalue weighted by Crippen LogP contribution is 2.27. The van der Waals surface area contributed by atoms with Crippen LogP contribution in [-0.4, -0.2) is 42.8 Å². The number of hydrogen-bond acceptors (Lipinski definition) is 3. The van der Waals surface area contributed by atoms with Gasteiger partial charge in [0.05, 0.1) is 25.2 Å². The number of benzene rings is 1. The maximum atomic E-state index is 12.0. The van der Waals surface area contributed by atoms with Crippen molar-refractivity contribution in [2.75, 3.05) is 26.4 Å². The maximum Gasteiger partial charge on any atom is 0.411 e. The summed E-state index contributed by atoms with van der Waals surface area (Å²) in [6.07, 6.45) is -4.45. The number of aliphatic hydroxyl groups is 2. The fourth-order valence-electron chi connectivity index (χ4n) is 1.59. The lowest BCUT2D eigenvalue weighted by Gasteiger charge is -2.30. The van der Waals surface area contributed by atoms with Crippen molar-refractivity contribution < 1.29 is 28.1 Å². The molecule has 0 spiro atoms. The third-order valence-corrected chi connectivity index (χ3v) is 2.92. The molecule has 0 fully saturated rings. The molecule has 0 atom stereocenters. The van der Waals surface area contributed by atoms with Gasteiger partial charge in [0.25, 0.3) is 0 Å². The Morgan fingerprint density at radius 3 is 2.21 bits per heavy atom. The Morgan fingerprint density at radius 1 is 1.11 bits per heavy atom. The van der Waals surface area contributed by atoms with Crippen LogP contribution in [0.15, 0.2) is 24.3 Å². The number of aliphatic hydroxyl groups excluding tert-OH is 2. The molecule has 0 aliphatic rings. The highest BCUT2D eigenvalue weighted by molar-refractivity contribution is 6.30. The summed E-state index contributed by atoms with van der Waals surface area (Å²) in [7, 11) is 0. The molecule has 0 unspecified atom stereocenters. The first-order chi connectivity index (χ1) is 8.83. The van der Waals surface area contributed by atoms with Gasteiger partial charge in [-0.15, -0.1) is 0 Å². The summed E-state index contributed by atoms with van der Waals surface area (Å²) in [5, 5.41) is 19.1. The number of hydrogen-bond donors (Lipinski definition) is 2. The van der Waals surface area contributed by atoms with E-state index in [0.717, 1.165) is 0 Å². The Balaban J connectivity index is 2.85. The van der Waals surface area contributed by atoms with Gasteiger partial charge in [-0.3, -0.25) is 0 Å². The maximum absolute atomic E-state index is 12.0. The molecule has 19 heavy (non-hydrogen) atoms. The van der Waals surface area contributed by atoms with Crippen LogP contribution in [0.1, 0.15) is 5.56 Å². The van der Waals surface area contributed by atoms with E-state index in [0.29, 0.717) is 10.6 Å². The lowest BCUT2D eigenvalue weighted by Crippen LogP contribution is -2.40. The minimum Gasteiger partial charge on any atom is -0.395 e. The molecule has 1 aromatic carbocycles. The van der Waals surface area contributed by atoms with Crippen molar-refractivity contribution in [1.82, 2.24) is 0 Å². The predicted octanol–water partition coefficient (Wildman–Crippen LogP) is 2.14. The number of ether oxygens (including phenoxy) is 1. The zero-order chi connectivity index (χ0) is 14.5. The van der Waals surface area contributed by atoms with Crippen molar-refractivity contribution in [3.63, 3.8) is 0 Å². The lowest BCUT2D eigenvalue weighted by molar-refractivity contribution is -0.180. The quantitative estimate of drug-likeness (QED) is 0.846. The Hall–Kier alpha value is -0.820. The summed E-state index contributed by atoms with van der Waals surface area (Å²) in [6, 6.07) is 6.21. The molecule has 3 nitrogen and oxygen atoms in total. The van der Waals surface area contributed by atoms with E-state index in [-0.39, 0.29) is 0 Å². The van der Waals surface area contributed by atoms with E-state index in [1.165, 1.54) is 6.07 Å². The van der Waals surface area contributed by atoms with Gasteiger partial charge in [0.1, 0.15) is 6.61 Å². The first-order valence-corrected chi connectivity index (χ1v) is 5.83. The van der Waals surface area contributed by atoms with Crippen molar-refractivity contribution in [3.05, 3.63) is 34.9 Å². The van der Waals surface area contributed by atoms with Crippen LogP contribution in [0.4, 0.5) is 13.2 Å². The Labute approximate surface area is 113 Å². The van der Waals surface area contributed by atoms with Gasteiger partial charge in [0.15, 0.2) is 0 Å². The van der Waals surface area contributed by atoms with Gasteiger partial charge in [0.2, 0.25) is 0 Å². The van der Waals surface area contributed by atoms with Gasteiger partial charge >= 0.3 is 6.18 Å². The second-order valence-corrected chi connectivity index (χ2v) is 4.65. The van der Waals surface area contributed by atoms with Crippen LogP contribution in [0.5, 0.6) is 0 Å². The number of alkyl halides is 3. The molecule has 0 amide bonds. The molecule has 0 aromatic heterocycles. The van der Waals surface area contributed by atoms with E-state index >= 15 is 0 Å². The van der Waals surface area contributed by atoms with Crippen LogP contribution in [0.25, 0.3) is 0 Å². The SMILES string of the molecule is OCC(CO)(COCC(F)(F)F)c1cccc(Cl)c1. The molecule has 0 saturated heterocycles. The standard InChI is InChI=1S/C12H14ClF3O3/c13-10-3-1-2-9(4-10)11(5-17,6-18)7-19-8-12(14,15)16/h1-4,17-18H,5-8H2. The molecule has 2 N–H and O–H groups in total. The van der Waals surface area contributed by atoms with Crippen LogP contribution in [0.2, 0.25) is 5.02 Å². The summed E-state index contributed by atoms with van der Waals surface area (Å²) in [4.78, 5) is 0. The molecular formula is C12H14ClF3O3. The minimum atomic E-state index is -4.45. The topological polar surface area (TPSA) is 49.7 Å². The first kappa shape index (κ1) is 16.2. The number of halogens is 4. The zero-order valence-electron chi connectivity index (χ0n) is 9.95. The highest BCUT2D eigenvalue weighted by Gasteiger charge is 2.34. The molecular weight excluding hydrogens is 285 g/mol. The Morgan fingerprint density at radius 2 is 1.74 bits per heavy atom. The molecule has 108 valence electrons. The number of rotatable bonds is 6. The van der Waals surface area contributed by atoms with Gasteiger partial charge in [-0.05, 0) is 17.7 Å². The van der Waals surface area contributed by atoms with Gasteiger partial charge in [-0.25, -0.2) is 0 Å². The highest BCUT2D eigenvalue weighted by atomic mass is 35.5. The van der Waals surface area contributed by atoms with Crippen LogP contribution >= 0.6 is 11.6 Å². The molecule has 0 radical (unpaired) electrons. The van der Waals surface area contributed by atoms with Crippen molar-refractivity contribution in [2.24, 2.45) is 0 Å². The van der Waals surface area contributed by atoms with Crippen molar-refractivity contribution >= 4 is 11.6 Å². The van der Waals surface area contributed by atoms with E-state index in [9.17, 15) is 23.4 Å². The molecule has 0 aliphatic carbocycles. The van der Waals surface area contributed by atoms with Crippen molar-refractivity contribution in [3.8, 4) is 0 Å². The smallest absolute Gasteiger partial charge is 0.395 e. The molecule has 0 heterocycles. The first-order valence-electron chi connectivity index (χ1n) is 5.45. The van der Waals surface area contributed by atoms with Crippen LogP contribution in [-0.2, 0) is 10.2 Å². The fourth-order valence-corrected chi connectivity index (χ4v) is 1.78. The van der Waals surface area contributed by atoms with Gasteiger partial charge in [-0.1, -0.05) is 23.7 Å². The molecule has 0 saturated carbocycles. The van der Waals surface area contributed by atoms with Crippen molar-refractivity contribution in [1.29, 1.82) is 0 Å². The summed E-state index contributed by atoms with van der Waals surface area (Å²) in [5.74, 6) is 0. The van der Waals surface area contributed by atoms with E-state index < -0.39 is 38.0 Å². The van der Waals surface area contributed by atoms with Crippen LogP contribution < -0.4 is 0 Å². The van der Waals surface area contributed by atoms with Gasteiger partial charge in [0, 0.05) is 5.02 Å². The third kappa shape index (κ3) is 4.65. The lowest BCUT2D eigenvalue weighted by atomic mass is 9.83. The molecule has 1 rings (SSSR count). The van der Waals surface area contributed by atoms with Crippen molar-refractivity contribution in [2.45, 2.75) is 11.6 Å². The summed E-state index contributed by atoms with van der Waals surface area (Å²) < 4.78 is 40.7. The average molecular weight is 299 g/mol. The Bertz CT molecular complexity index is 405. The Kier molecular flexibility index (Phi) is 5.61. The largest absolute Gasteiger partial charge is 0.411 e. The van der Waals surface area contributed by atoms with Gasteiger partial charge < -0.3 is 14.9 Å². The van der Waals surface area contributed by atoms with E-state index in [1.807, 2.05) is 0 Å². The molecule has 0 aliphatic heterocycles. The molecule has 0 bridgehead atoms. The normalized spacial score (nSPS) is 12.7. The second kappa shape index (κ2) is 6.56. The monoisotopic (exact) mass is 298 g/mol. The average Bonchev–Trinajstić information content (AvgIpc) is 2.34. The predicted molar refractivity (Wildman–Crippen MR) is 64.2 cm³/mol. The molecule has 1 aromatic rings. The molecule has 7 heteroatoms. The summed E-state index contributed by atoms with van der Waals surface area (Å²) in [5.41, 5.74) is -0.886. The van der Waals surface area contributed by atoms with Crippen LogP contribution in [0.3, 0.4) is 0 Å². The zero-order valence-corrected chi connectivity index (χ0v) is 10.7. The fraction of sp³-hybridized carbons (Fsp3) is 0.500. The summed E-state index contributed by atoms with van der Waals surface area (Å²) >= 11 is 5.79.